The maximum Gasteiger partial charge on any atom is 0.0544 e. The molecule has 1 unspecified atom stereocenters. The Morgan fingerprint density at radius 1 is 1.10 bits per heavy atom. The maximum absolute atomic E-state index is 4.01. The average Bonchev–Trinajstić information content (AvgIpc) is 2.47. The maximum atomic E-state index is 4.01. The van der Waals surface area contributed by atoms with Gasteiger partial charge in [-0.1, -0.05) is 25.1 Å². The molecule has 20 heavy (non-hydrogen) atoms. The van der Waals surface area contributed by atoms with Gasteiger partial charge < -0.3 is 5.32 Å². The monoisotopic (exact) mass is 269 g/mol. The minimum Gasteiger partial charge on any atom is -0.310 e. The van der Waals surface area contributed by atoms with E-state index < -0.39 is 0 Å². The summed E-state index contributed by atoms with van der Waals surface area (Å²) in [6.07, 6.45) is 5.74. The zero-order valence-electron chi connectivity index (χ0n) is 12.6. The fourth-order valence-electron chi connectivity index (χ4n) is 2.51. The molecule has 1 N–H and O–H groups in total. The zero-order chi connectivity index (χ0) is 14.4. The summed E-state index contributed by atoms with van der Waals surface area (Å²) >= 11 is 0. The molecule has 1 atom stereocenters. The van der Waals surface area contributed by atoms with Gasteiger partial charge in [0.05, 0.1) is 6.20 Å². The van der Waals surface area contributed by atoms with Crippen molar-refractivity contribution in [1.29, 1.82) is 0 Å². The van der Waals surface area contributed by atoms with Gasteiger partial charge in [0.2, 0.25) is 0 Å². The molecule has 106 valence electrons. The van der Waals surface area contributed by atoms with E-state index in [2.05, 4.69) is 54.5 Å². The van der Waals surface area contributed by atoms with E-state index in [1.807, 2.05) is 12.3 Å². The van der Waals surface area contributed by atoms with Crippen LogP contribution in [0.2, 0.25) is 0 Å². The number of hydrogen-bond acceptors (Lipinski definition) is 3. The van der Waals surface area contributed by atoms with Gasteiger partial charge in [-0.2, -0.15) is 10.2 Å². The van der Waals surface area contributed by atoms with Gasteiger partial charge in [0.15, 0.2) is 0 Å². The molecule has 0 aliphatic heterocycles. The van der Waals surface area contributed by atoms with Crippen LogP contribution in [0.25, 0.3) is 0 Å². The van der Waals surface area contributed by atoms with Crippen molar-refractivity contribution in [3.63, 3.8) is 0 Å². The van der Waals surface area contributed by atoms with Crippen LogP contribution in [0.4, 0.5) is 0 Å². The number of aromatic nitrogens is 2. The number of hydrogen-bond donors (Lipinski definition) is 1. The lowest BCUT2D eigenvalue weighted by Crippen LogP contribution is -2.25. The van der Waals surface area contributed by atoms with E-state index in [4.69, 9.17) is 0 Å². The Kier molecular flexibility index (Phi) is 5.24. The van der Waals surface area contributed by atoms with Crippen LogP contribution >= 0.6 is 0 Å². The van der Waals surface area contributed by atoms with Crippen molar-refractivity contribution in [3.8, 4) is 0 Å². The van der Waals surface area contributed by atoms with Gasteiger partial charge >= 0.3 is 0 Å². The van der Waals surface area contributed by atoms with Crippen LogP contribution < -0.4 is 5.32 Å². The molecule has 2 rings (SSSR count). The van der Waals surface area contributed by atoms with E-state index in [1.165, 1.54) is 22.3 Å². The first-order valence-corrected chi connectivity index (χ1v) is 7.27. The Balaban J connectivity index is 2.24. The Morgan fingerprint density at radius 3 is 2.45 bits per heavy atom. The second kappa shape index (κ2) is 7.15. The highest BCUT2D eigenvalue weighted by Crippen LogP contribution is 2.22. The van der Waals surface area contributed by atoms with Gasteiger partial charge in [0.25, 0.3) is 0 Å². The van der Waals surface area contributed by atoms with Gasteiger partial charge in [-0.05, 0) is 61.6 Å². The lowest BCUT2D eigenvalue weighted by molar-refractivity contribution is 0.525. The molecule has 0 amide bonds. The standard InChI is InChI=1S/C17H23N3/c1-4-9-18-17(15-8-10-19-20-12-15)11-16-13(2)6-5-7-14(16)3/h5-8,10,12,17-18H,4,9,11H2,1-3H3. The summed E-state index contributed by atoms with van der Waals surface area (Å²) in [5.74, 6) is 0. The fraction of sp³-hybridized carbons (Fsp3) is 0.412. The van der Waals surface area contributed by atoms with Crippen molar-refractivity contribution in [2.75, 3.05) is 6.54 Å². The minimum atomic E-state index is 0.297. The summed E-state index contributed by atoms with van der Waals surface area (Å²) in [4.78, 5) is 0. The van der Waals surface area contributed by atoms with Crippen molar-refractivity contribution < 1.29 is 0 Å². The Hall–Kier alpha value is -1.74. The molecule has 3 nitrogen and oxygen atoms in total. The second-order valence-electron chi connectivity index (χ2n) is 5.26. The molecule has 1 aromatic carbocycles. The first kappa shape index (κ1) is 14.7. The van der Waals surface area contributed by atoms with Crippen LogP contribution in [0.5, 0.6) is 0 Å². The van der Waals surface area contributed by atoms with E-state index in [1.54, 1.807) is 6.20 Å². The lowest BCUT2D eigenvalue weighted by atomic mass is 9.93. The number of rotatable bonds is 6. The van der Waals surface area contributed by atoms with Gasteiger partial charge in [0, 0.05) is 12.2 Å². The molecular weight excluding hydrogens is 246 g/mol. The first-order chi connectivity index (χ1) is 9.72. The quantitative estimate of drug-likeness (QED) is 0.873. The molecule has 0 saturated heterocycles. The largest absolute Gasteiger partial charge is 0.310 e. The van der Waals surface area contributed by atoms with Crippen LogP contribution in [0.1, 0.15) is 41.6 Å². The third-order valence-electron chi connectivity index (χ3n) is 3.70. The van der Waals surface area contributed by atoms with Crippen molar-refractivity contribution in [2.45, 2.75) is 39.7 Å². The van der Waals surface area contributed by atoms with Crippen LogP contribution in [0, 0.1) is 13.8 Å². The number of nitrogens with one attached hydrogen (secondary N) is 1. The third kappa shape index (κ3) is 3.64. The molecule has 0 spiro atoms. The Labute approximate surface area is 121 Å². The molecule has 0 aliphatic rings. The predicted molar refractivity (Wildman–Crippen MR) is 82.7 cm³/mol. The van der Waals surface area contributed by atoms with Gasteiger partial charge in [-0.15, -0.1) is 0 Å². The molecule has 0 bridgehead atoms. The smallest absolute Gasteiger partial charge is 0.0544 e. The number of benzene rings is 1. The topological polar surface area (TPSA) is 37.8 Å². The molecule has 0 radical (unpaired) electrons. The third-order valence-corrected chi connectivity index (χ3v) is 3.70. The van der Waals surface area contributed by atoms with Crippen LogP contribution in [0.3, 0.4) is 0 Å². The van der Waals surface area contributed by atoms with E-state index in [0.717, 1.165) is 19.4 Å². The summed E-state index contributed by atoms with van der Waals surface area (Å²) in [7, 11) is 0. The van der Waals surface area contributed by atoms with E-state index >= 15 is 0 Å². The van der Waals surface area contributed by atoms with Crippen LogP contribution in [-0.2, 0) is 6.42 Å². The highest BCUT2D eigenvalue weighted by Gasteiger charge is 2.14. The molecule has 3 heteroatoms. The molecule has 2 aromatic rings. The SMILES string of the molecule is CCCNC(Cc1c(C)cccc1C)c1ccnnc1. The van der Waals surface area contributed by atoms with Crippen molar-refractivity contribution in [3.05, 3.63) is 58.9 Å². The lowest BCUT2D eigenvalue weighted by Gasteiger charge is -2.21. The van der Waals surface area contributed by atoms with Gasteiger partial charge in [0.1, 0.15) is 0 Å². The van der Waals surface area contributed by atoms with Crippen molar-refractivity contribution in [2.24, 2.45) is 0 Å². The fourth-order valence-corrected chi connectivity index (χ4v) is 2.51. The number of aryl methyl sites for hydroxylation is 2. The normalized spacial score (nSPS) is 12.3. The zero-order valence-corrected chi connectivity index (χ0v) is 12.6. The van der Waals surface area contributed by atoms with Crippen molar-refractivity contribution >= 4 is 0 Å². The summed E-state index contributed by atoms with van der Waals surface area (Å²) in [6, 6.07) is 8.84. The van der Waals surface area contributed by atoms with Crippen molar-refractivity contribution in [1.82, 2.24) is 15.5 Å². The minimum absolute atomic E-state index is 0.297. The summed E-state index contributed by atoms with van der Waals surface area (Å²) in [5, 5.41) is 11.5. The Morgan fingerprint density at radius 2 is 1.85 bits per heavy atom. The molecular formula is C17H23N3. The Bertz CT molecular complexity index is 517. The summed E-state index contributed by atoms with van der Waals surface area (Å²) in [5.41, 5.74) is 5.35. The highest BCUT2D eigenvalue weighted by molar-refractivity contribution is 5.35. The molecule has 1 heterocycles. The second-order valence-corrected chi connectivity index (χ2v) is 5.26. The first-order valence-electron chi connectivity index (χ1n) is 7.27. The molecule has 0 fully saturated rings. The molecule has 0 aliphatic carbocycles. The average molecular weight is 269 g/mol. The van der Waals surface area contributed by atoms with E-state index in [9.17, 15) is 0 Å². The van der Waals surface area contributed by atoms with Gasteiger partial charge in [-0.25, -0.2) is 0 Å². The predicted octanol–water partition coefficient (Wildman–Crippen LogP) is 3.38. The molecule has 1 aromatic heterocycles. The van der Waals surface area contributed by atoms with Crippen LogP contribution in [-0.4, -0.2) is 16.7 Å². The number of nitrogens with zero attached hydrogens (tertiary/aromatic N) is 2. The van der Waals surface area contributed by atoms with Crippen LogP contribution in [0.15, 0.2) is 36.7 Å². The highest BCUT2D eigenvalue weighted by atomic mass is 15.1. The van der Waals surface area contributed by atoms with Gasteiger partial charge in [-0.3, -0.25) is 0 Å². The summed E-state index contributed by atoms with van der Waals surface area (Å²) in [6.45, 7) is 7.57. The van der Waals surface area contributed by atoms with E-state index in [0.29, 0.717) is 6.04 Å². The molecule has 0 saturated carbocycles. The van der Waals surface area contributed by atoms with E-state index in [-0.39, 0.29) is 0 Å². The summed E-state index contributed by atoms with van der Waals surface area (Å²) < 4.78 is 0.